The number of fused-ring (bicyclic) bond motifs is 1. The number of carbonyl (C=O) groups excluding carboxylic acids is 2. The average Bonchev–Trinajstić information content (AvgIpc) is 2.97. The molecule has 23 heavy (non-hydrogen) atoms. The molecule has 2 amide bonds. The van der Waals surface area contributed by atoms with Gasteiger partial charge in [0.15, 0.2) is 5.69 Å². The summed E-state index contributed by atoms with van der Waals surface area (Å²) in [5, 5.41) is 7.29. The zero-order valence-electron chi connectivity index (χ0n) is 13.7. The van der Waals surface area contributed by atoms with Crippen molar-refractivity contribution < 1.29 is 14.3 Å². The molecule has 1 aromatic rings. The normalized spacial score (nSPS) is 18.5. The Bertz CT molecular complexity index is 565. The average molecular weight is 320 g/mol. The first-order chi connectivity index (χ1) is 11.0. The molecule has 0 aliphatic carbocycles. The third-order valence-corrected chi connectivity index (χ3v) is 4.31. The lowest BCUT2D eigenvalue weighted by Crippen LogP contribution is -2.44. The topological polar surface area (TPSA) is 76.5 Å². The Balaban J connectivity index is 1.58. The van der Waals surface area contributed by atoms with Crippen LogP contribution in [0.25, 0.3) is 0 Å². The summed E-state index contributed by atoms with van der Waals surface area (Å²) in [5.41, 5.74) is 0.437. The number of rotatable bonds is 3. The Morgan fingerprint density at radius 2 is 2.04 bits per heavy atom. The van der Waals surface area contributed by atoms with Gasteiger partial charge in [0.2, 0.25) is 11.8 Å². The molecule has 3 rings (SSSR count). The van der Waals surface area contributed by atoms with E-state index in [0.717, 1.165) is 13.0 Å². The van der Waals surface area contributed by atoms with E-state index < -0.39 is 0 Å². The quantitative estimate of drug-likeness (QED) is 0.903. The van der Waals surface area contributed by atoms with Gasteiger partial charge in [-0.2, -0.15) is 5.10 Å². The maximum absolute atomic E-state index is 12.6. The summed E-state index contributed by atoms with van der Waals surface area (Å²) < 4.78 is 7.25. The fourth-order valence-electron chi connectivity index (χ4n) is 3.08. The Labute approximate surface area is 136 Å². The summed E-state index contributed by atoms with van der Waals surface area (Å²) in [6, 6.07) is 1.87. The molecule has 0 bridgehead atoms. The number of aromatic nitrogens is 2. The molecule has 1 aromatic heterocycles. The van der Waals surface area contributed by atoms with Gasteiger partial charge >= 0.3 is 0 Å². The molecule has 0 spiro atoms. The number of aryl methyl sites for hydroxylation is 1. The molecule has 1 N–H and O–H groups in total. The van der Waals surface area contributed by atoms with Gasteiger partial charge in [0.1, 0.15) is 0 Å². The molecule has 1 fully saturated rings. The van der Waals surface area contributed by atoms with E-state index in [1.807, 2.05) is 13.8 Å². The molecule has 0 aromatic carbocycles. The number of piperidine rings is 1. The SMILES string of the molecule is CC(C)NC(=O)C1CCN(C(=O)c2cc3n(n2)CCCO3)CC1. The lowest BCUT2D eigenvalue weighted by atomic mass is 9.95. The maximum atomic E-state index is 12.6. The highest BCUT2D eigenvalue weighted by molar-refractivity contribution is 5.93. The minimum Gasteiger partial charge on any atom is -0.478 e. The number of hydrogen-bond acceptors (Lipinski definition) is 4. The van der Waals surface area contributed by atoms with Crippen molar-refractivity contribution >= 4 is 11.8 Å². The van der Waals surface area contributed by atoms with Crippen molar-refractivity contribution in [3.05, 3.63) is 11.8 Å². The van der Waals surface area contributed by atoms with Crippen LogP contribution in [-0.4, -0.2) is 52.2 Å². The summed E-state index contributed by atoms with van der Waals surface area (Å²) in [5.74, 6) is 0.696. The Hall–Kier alpha value is -2.05. The van der Waals surface area contributed by atoms with Gasteiger partial charge in [0.25, 0.3) is 5.91 Å². The molecular formula is C16H24N4O3. The molecule has 7 nitrogen and oxygen atoms in total. The van der Waals surface area contributed by atoms with E-state index in [0.29, 0.717) is 44.1 Å². The van der Waals surface area contributed by atoms with Crippen LogP contribution >= 0.6 is 0 Å². The molecule has 0 unspecified atom stereocenters. The van der Waals surface area contributed by atoms with Gasteiger partial charge in [0.05, 0.1) is 6.61 Å². The van der Waals surface area contributed by atoms with E-state index in [9.17, 15) is 9.59 Å². The molecular weight excluding hydrogens is 296 g/mol. The molecule has 1 saturated heterocycles. The second kappa shape index (κ2) is 6.60. The van der Waals surface area contributed by atoms with E-state index >= 15 is 0 Å². The van der Waals surface area contributed by atoms with Crippen LogP contribution in [0.5, 0.6) is 5.88 Å². The fraction of sp³-hybridized carbons (Fsp3) is 0.688. The van der Waals surface area contributed by atoms with Crippen molar-refractivity contribution in [3.8, 4) is 5.88 Å². The van der Waals surface area contributed by atoms with E-state index in [2.05, 4.69) is 10.4 Å². The van der Waals surface area contributed by atoms with Crippen molar-refractivity contribution in [2.45, 2.75) is 45.7 Å². The molecule has 2 aliphatic rings. The van der Waals surface area contributed by atoms with Gasteiger partial charge in [-0.1, -0.05) is 0 Å². The first kappa shape index (κ1) is 15.8. The van der Waals surface area contributed by atoms with Crippen LogP contribution in [0.3, 0.4) is 0 Å². The Kier molecular flexibility index (Phi) is 4.54. The van der Waals surface area contributed by atoms with Crippen LogP contribution in [0, 0.1) is 5.92 Å². The smallest absolute Gasteiger partial charge is 0.274 e. The van der Waals surface area contributed by atoms with E-state index in [1.165, 1.54) is 0 Å². The maximum Gasteiger partial charge on any atom is 0.274 e. The highest BCUT2D eigenvalue weighted by atomic mass is 16.5. The van der Waals surface area contributed by atoms with Crippen LogP contribution in [0.15, 0.2) is 6.07 Å². The molecule has 7 heteroatoms. The molecule has 0 radical (unpaired) electrons. The first-order valence-corrected chi connectivity index (χ1v) is 8.35. The number of ether oxygens (including phenoxy) is 1. The summed E-state index contributed by atoms with van der Waals surface area (Å²) in [6.07, 6.45) is 2.32. The van der Waals surface area contributed by atoms with Gasteiger partial charge in [0, 0.05) is 44.1 Å². The predicted octanol–water partition coefficient (Wildman–Crippen LogP) is 1.04. The Morgan fingerprint density at radius 1 is 1.30 bits per heavy atom. The highest BCUT2D eigenvalue weighted by Gasteiger charge is 2.29. The van der Waals surface area contributed by atoms with Crippen molar-refractivity contribution in [2.75, 3.05) is 19.7 Å². The predicted molar refractivity (Wildman–Crippen MR) is 84.2 cm³/mol. The minimum absolute atomic E-state index is 0.0000136. The third kappa shape index (κ3) is 3.48. The number of amides is 2. The molecule has 2 aliphatic heterocycles. The van der Waals surface area contributed by atoms with Crippen LogP contribution in [-0.2, 0) is 11.3 Å². The van der Waals surface area contributed by atoms with Crippen LogP contribution in [0.1, 0.15) is 43.6 Å². The first-order valence-electron chi connectivity index (χ1n) is 8.35. The summed E-state index contributed by atoms with van der Waals surface area (Å²) in [4.78, 5) is 26.4. The third-order valence-electron chi connectivity index (χ3n) is 4.31. The van der Waals surface area contributed by atoms with E-state index in [-0.39, 0.29) is 23.8 Å². The number of carbonyl (C=O) groups is 2. The molecule has 0 atom stereocenters. The van der Waals surface area contributed by atoms with Gasteiger partial charge in [-0.25, -0.2) is 4.68 Å². The van der Waals surface area contributed by atoms with Gasteiger partial charge in [-0.3, -0.25) is 9.59 Å². The van der Waals surface area contributed by atoms with Gasteiger partial charge in [-0.05, 0) is 26.7 Å². The number of hydrogen-bond donors (Lipinski definition) is 1. The number of nitrogens with zero attached hydrogens (tertiary/aromatic N) is 3. The second-order valence-electron chi connectivity index (χ2n) is 6.52. The standard InChI is InChI=1S/C16H24N4O3/c1-11(2)17-15(21)12-4-7-19(8-5-12)16(22)13-10-14-20(18-13)6-3-9-23-14/h10-12H,3-9H2,1-2H3,(H,17,21). The van der Waals surface area contributed by atoms with Crippen LogP contribution < -0.4 is 10.1 Å². The summed E-state index contributed by atoms with van der Waals surface area (Å²) in [6.45, 7) is 6.57. The van der Waals surface area contributed by atoms with Gasteiger partial charge < -0.3 is 15.0 Å². The minimum atomic E-state index is -0.0711. The molecule has 3 heterocycles. The molecule has 126 valence electrons. The van der Waals surface area contributed by atoms with Crippen LogP contribution in [0.4, 0.5) is 0 Å². The fourth-order valence-corrected chi connectivity index (χ4v) is 3.08. The molecule has 0 saturated carbocycles. The van der Waals surface area contributed by atoms with E-state index in [4.69, 9.17) is 4.74 Å². The van der Waals surface area contributed by atoms with Crippen molar-refractivity contribution in [2.24, 2.45) is 5.92 Å². The van der Waals surface area contributed by atoms with Crippen molar-refractivity contribution in [1.29, 1.82) is 0 Å². The zero-order chi connectivity index (χ0) is 16.4. The largest absolute Gasteiger partial charge is 0.478 e. The van der Waals surface area contributed by atoms with Crippen LogP contribution in [0.2, 0.25) is 0 Å². The lowest BCUT2D eigenvalue weighted by molar-refractivity contribution is -0.126. The highest BCUT2D eigenvalue weighted by Crippen LogP contribution is 2.22. The lowest BCUT2D eigenvalue weighted by Gasteiger charge is -2.31. The number of nitrogens with one attached hydrogen (secondary N) is 1. The summed E-state index contributed by atoms with van der Waals surface area (Å²) in [7, 11) is 0. The second-order valence-corrected chi connectivity index (χ2v) is 6.52. The monoisotopic (exact) mass is 320 g/mol. The zero-order valence-corrected chi connectivity index (χ0v) is 13.7. The number of likely N-dealkylation sites (tertiary alicyclic amines) is 1. The van der Waals surface area contributed by atoms with E-state index in [1.54, 1.807) is 15.6 Å². The van der Waals surface area contributed by atoms with Crippen molar-refractivity contribution in [1.82, 2.24) is 20.0 Å². The van der Waals surface area contributed by atoms with Gasteiger partial charge in [-0.15, -0.1) is 0 Å². The Morgan fingerprint density at radius 3 is 2.70 bits per heavy atom. The summed E-state index contributed by atoms with van der Waals surface area (Å²) >= 11 is 0. The van der Waals surface area contributed by atoms with Crippen molar-refractivity contribution in [3.63, 3.8) is 0 Å².